The molecular weight excluding hydrogens is 250 g/mol. The van der Waals surface area contributed by atoms with Crippen molar-refractivity contribution in [3.8, 4) is 5.75 Å². The molecule has 3 N–H and O–H groups in total. The molecule has 0 saturated carbocycles. The number of aliphatic hydroxyl groups excluding tert-OH is 1. The van der Waals surface area contributed by atoms with Gasteiger partial charge in [-0.05, 0) is 23.3 Å². The van der Waals surface area contributed by atoms with Gasteiger partial charge in [-0.15, -0.1) is 0 Å². The van der Waals surface area contributed by atoms with Crippen LogP contribution in [0.25, 0.3) is 0 Å². The highest BCUT2D eigenvalue weighted by Gasteiger charge is 2.08. The van der Waals surface area contributed by atoms with Gasteiger partial charge in [0.25, 0.3) is 0 Å². The lowest BCUT2D eigenvalue weighted by atomic mass is 10.1. The lowest BCUT2D eigenvalue weighted by molar-refractivity contribution is -0.661. The van der Waals surface area contributed by atoms with Gasteiger partial charge in [0.15, 0.2) is 0 Å². The zero-order valence-corrected chi connectivity index (χ0v) is 11.8. The Morgan fingerprint density at radius 1 is 1.05 bits per heavy atom. The summed E-state index contributed by atoms with van der Waals surface area (Å²) in [4.78, 5) is 0. The van der Waals surface area contributed by atoms with Crippen LogP contribution in [0.2, 0.25) is 0 Å². The van der Waals surface area contributed by atoms with Crippen LogP contribution in [0, 0.1) is 0 Å². The van der Waals surface area contributed by atoms with Crippen molar-refractivity contribution >= 4 is 0 Å². The molecule has 0 aliphatic carbocycles. The minimum Gasteiger partial charge on any atom is -0.497 e. The van der Waals surface area contributed by atoms with Crippen molar-refractivity contribution in [2.75, 3.05) is 20.2 Å². The third-order valence-electron chi connectivity index (χ3n) is 3.37. The zero-order chi connectivity index (χ0) is 14.2. The molecule has 2 aromatic rings. The van der Waals surface area contributed by atoms with Crippen LogP contribution >= 0.6 is 0 Å². The molecule has 2 aromatic carbocycles. The molecule has 0 spiro atoms. The van der Waals surface area contributed by atoms with E-state index in [1.165, 1.54) is 5.56 Å². The maximum absolute atomic E-state index is 10.0. The quantitative estimate of drug-likeness (QED) is 0.751. The second-order valence-corrected chi connectivity index (χ2v) is 4.84. The first-order valence-electron chi connectivity index (χ1n) is 6.97. The number of nitrogens with two attached hydrogens (primary N) is 1. The molecule has 0 aliphatic rings. The lowest BCUT2D eigenvalue weighted by Crippen LogP contribution is -2.85. The fourth-order valence-electron chi connectivity index (χ4n) is 2.15. The topological polar surface area (TPSA) is 46.1 Å². The fourth-order valence-corrected chi connectivity index (χ4v) is 2.15. The Balaban J connectivity index is 1.70. The summed E-state index contributed by atoms with van der Waals surface area (Å²) in [6.45, 7) is 1.66. The Morgan fingerprint density at radius 2 is 1.75 bits per heavy atom. The average molecular weight is 272 g/mol. The normalized spacial score (nSPS) is 12.1. The molecule has 0 aliphatic heterocycles. The molecule has 2 rings (SSSR count). The van der Waals surface area contributed by atoms with E-state index in [9.17, 15) is 5.11 Å². The molecule has 0 bridgehead atoms. The Labute approximate surface area is 120 Å². The highest BCUT2D eigenvalue weighted by Crippen LogP contribution is 2.11. The number of methoxy groups -OCH3 is 1. The maximum Gasteiger partial charge on any atom is 0.128 e. The standard InChI is InChI=1S/C17H21NO2/c1-20-16-9-7-14(8-10-16)11-12-18-13-17(19)15-5-3-2-4-6-15/h2-10,17-19H,11-13H2,1H3/p+1/t17-/m0/s1. The maximum atomic E-state index is 10.0. The molecule has 0 amide bonds. The second-order valence-electron chi connectivity index (χ2n) is 4.84. The average Bonchev–Trinajstić information content (AvgIpc) is 2.53. The van der Waals surface area contributed by atoms with E-state index in [1.54, 1.807) is 7.11 Å². The molecule has 0 radical (unpaired) electrons. The molecule has 3 nitrogen and oxygen atoms in total. The van der Waals surface area contributed by atoms with E-state index < -0.39 is 6.10 Å². The highest BCUT2D eigenvalue weighted by atomic mass is 16.5. The van der Waals surface area contributed by atoms with Crippen molar-refractivity contribution in [3.05, 3.63) is 65.7 Å². The van der Waals surface area contributed by atoms with Gasteiger partial charge < -0.3 is 15.2 Å². The predicted molar refractivity (Wildman–Crippen MR) is 79.8 cm³/mol. The smallest absolute Gasteiger partial charge is 0.128 e. The monoisotopic (exact) mass is 272 g/mol. The first-order valence-corrected chi connectivity index (χ1v) is 6.97. The number of hydrogen-bond acceptors (Lipinski definition) is 2. The summed E-state index contributed by atoms with van der Waals surface area (Å²) in [6.07, 6.45) is 0.595. The van der Waals surface area contributed by atoms with Crippen molar-refractivity contribution in [2.45, 2.75) is 12.5 Å². The van der Waals surface area contributed by atoms with Crippen molar-refractivity contribution in [2.24, 2.45) is 0 Å². The molecular formula is C17H22NO2+. The summed E-state index contributed by atoms with van der Waals surface area (Å²) >= 11 is 0. The first-order chi connectivity index (χ1) is 9.79. The van der Waals surface area contributed by atoms with E-state index in [-0.39, 0.29) is 0 Å². The summed E-state index contributed by atoms with van der Waals surface area (Å²) in [5.41, 5.74) is 2.27. The van der Waals surface area contributed by atoms with Crippen LogP contribution in [0.4, 0.5) is 0 Å². The summed E-state index contributed by atoms with van der Waals surface area (Å²) in [6, 6.07) is 17.9. The van der Waals surface area contributed by atoms with Crippen molar-refractivity contribution in [1.29, 1.82) is 0 Å². The number of quaternary nitrogens is 1. The van der Waals surface area contributed by atoms with E-state index in [0.29, 0.717) is 6.54 Å². The third-order valence-corrected chi connectivity index (χ3v) is 3.37. The number of ether oxygens (including phenoxy) is 1. The summed E-state index contributed by atoms with van der Waals surface area (Å²) in [7, 11) is 1.67. The molecule has 0 fully saturated rings. The minimum absolute atomic E-state index is 0.396. The van der Waals surface area contributed by atoms with E-state index >= 15 is 0 Å². The van der Waals surface area contributed by atoms with Crippen LogP contribution in [0.15, 0.2) is 54.6 Å². The molecule has 106 valence electrons. The predicted octanol–water partition coefficient (Wildman–Crippen LogP) is 1.53. The minimum atomic E-state index is -0.396. The Morgan fingerprint density at radius 3 is 2.40 bits per heavy atom. The van der Waals surface area contributed by atoms with Gasteiger partial charge in [-0.1, -0.05) is 42.5 Å². The number of benzene rings is 2. The van der Waals surface area contributed by atoms with Crippen LogP contribution in [-0.2, 0) is 6.42 Å². The molecule has 0 heterocycles. The molecule has 3 heteroatoms. The molecule has 20 heavy (non-hydrogen) atoms. The number of aliphatic hydroxyl groups is 1. The van der Waals surface area contributed by atoms with E-state index in [4.69, 9.17) is 4.74 Å². The van der Waals surface area contributed by atoms with E-state index in [2.05, 4.69) is 17.4 Å². The summed E-state index contributed by atoms with van der Waals surface area (Å²) in [5, 5.41) is 12.2. The Kier molecular flexibility index (Phi) is 5.59. The molecule has 0 aromatic heterocycles. The van der Waals surface area contributed by atoms with Gasteiger partial charge >= 0.3 is 0 Å². The van der Waals surface area contributed by atoms with Crippen molar-refractivity contribution in [1.82, 2.24) is 0 Å². The van der Waals surface area contributed by atoms with Crippen LogP contribution in [-0.4, -0.2) is 25.3 Å². The van der Waals surface area contributed by atoms with Gasteiger partial charge in [0.2, 0.25) is 0 Å². The van der Waals surface area contributed by atoms with Gasteiger partial charge in [0.05, 0.1) is 13.7 Å². The second kappa shape index (κ2) is 7.68. The van der Waals surface area contributed by atoms with Crippen LogP contribution in [0.1, 0.15) is 17.2 Å². The van der Waals surface area contributed by atoms with Crippen LogP contribution in [0.5, 0.6) is 5.75 Å². The van der Waals surface area contributed by atoms with Crippen molar-refractivity contribution in [3.63, 3.8) is 0 Å². The largest absolute Gasteiger partial charge is 0.497 e. The number of hydrogen-bond donors (Lipinski definition) is 2. The van der Waals surface area contributed by atoms with Crippen LogP contribution < -0.4 is 10.1 Å². The summed E-state index contributed by atoms with van der Waals surface area (Å²) in [5.74, 6) is 0.886. The van der Waals surface area contributed by atoms with Gasteiger partial charge in [0.1, 0.15) is 18.4 Å². The van der Waals surface area contributed by atoms with Gasteiger partial charge in [-0.25, -0.2) is 0 Å². The van der Waals surface area contributed by atoms with Gasteiger partial charge in [-0.2, -0.15) is 0 Å². The van der Waals surface area contributed by atoms with E-state index in [1.807, 2.05) is 42.5 Å². The van der Waals surface area contributed by atoms with Crippen LogP contribution in [0.3, 0.4) is 0 Å². The molecule has 0 unspecified atom stereocenters. The SMILES string of the molecule is COc1ccc(CC[NH2+]C[C@H](O)c2ccccc2)cc1. The molecule has 0 saturated heterocycles. The van der Waals surface area contributed by atoms with E-state index in [0.717, 1.165) is 24.3 Å². The Hall–Kier alpha value is -1.84. The Bertz CT molecular complexity index is 496. The lowest BCUT2D eigenvalue weighted by Gasteiger charge is -2.09. The summed E-state index contributed by atoms with van der Waals surface area (Å²) < 4.78 is 5.13. The fraction of sp³-hybridized carbons (Fsp3) is 0.294. The van der Waals surface area contributed by atoms with Crippen molar-refractivity contribution < 1.29 is 15.2 Å². The van der Waals surface area contributed by atoms with Gasteiger partial charge in [-0.3, -0.25) is 0 Å². The zero-order valence-electron chi connectivity index (χ0n) is 11.8. The molecule has 1 atom stereocenters. The van der Waals surface area contributed by atoms with Gasteiger partial charge in [0, 0.05) is 6.42 Å². The highest BCUT2D eigenvalue weighted by molar-refractivity contribution is 5.27. The number of rotatable bonds is 7. The third kappa shape index (κ3) is 4.37. The first kappa shape index (κ1) is 14.6.